The van der Waals surface area contributed by atoms with Crippen LogP contribution in [0.15, 0.2) is 24.3 Å². The van der Waals surface area contributed by atoms with E-state index in [9.17, 15) is 9.90 Å². The molecule has 0 bridgehead atoms. The van der Waals surface area contributed by atoms with E-state index in [2.05, 4.69) is 0 Å². The predicted octanol–water partition coefficient (Wildman–Crippen LogP) is 1.65. The molecule has 4 nitrogen and oxygen atoms in total. The van der Waals surface area contributed by atoms with E-state index in [0.717, 1.165) is 11.1 Å². The van der Waals surface area contributed by atoms with E-state index in [1.165, 1.54) is 0 Å². The smallest absolute Gasteiger partial charge is 0.243 e. The van der Waals surface area contributed by atoms with Gasteiger partial charge in [-0.25, -0.2) is 0 Å². The number of hydrogen-bond acceptors (Lipinski definition) is 3. The van der Waals surface area contributed by atoms with Crippen molar-refractivity contribution in [3.05, 3.63) is 35.4 Å². The largest absolute Gasteiger partial charge is 0.393 e. The number of rotatable bonds is 5. The van der Waals surface area contributed by atoms with Gasteiger partial charge in [-0.15, -0.1) is 12.4 Å². The van der Waals surface area contributed by atoms with Crippen LogP contribution in [0.4, 0.5) is 0 Å². The Balaban J connectivity index is 0.00000324. The molecule has 0 aliphatic heterocycles. The van der Waals surface area contributed by atoms with Gasteiger partial charge in [0.2, 0.25) is 5.91 Å². The van der Waals surface area contributed by atoms with Crippen LogP contribution in [0.5, 0.6) is 0 Å². The normalized spacial score (nSPS) is 13.3. The minimum absolute atomic E-state index is 0. The highest BCUT2D eigenvalue weighted by molar-refractivity contribution is 5.85. The minimum atomic E-state index is -0.635. The fourth-order valence-corrected chi connectivity index (χ4v) is 1.64. The summed E-state index contributed by atoms with van der Waals surface area (Å²) < 4.78 is 0. The fraction of sp³-hybridized carbons (Fsp3) is 0.500. The van der Waals surface area contributed by atoms with E-state index in [1.54, 1.807) is 18.9 Å². The molecule has 3 N–H and O–H groups in total. The zero-order chi connectivity index (χ0) is 13.7. The van der Waals surface area contributed by atoms with Crippen LogP contribution in [-0.2, 0) is 4.79 Å². The van der Waals surface area contributed by atoms with Crippen LogP contribution in [0.1, 0.15) is 30.5 Å². The number of halogens is 1. The third-order valence-corrected chi connectivity index (χ3v) is 2.96. The zero-order valence-corrected chi connectivity index (χ0v) is 12.5. The molecule has 108 valence electrons. The maximum Gasteiger partial charge on any atom is 0.243 e. The van der Waals surface area contributed by atoms with Crippen molar-refractivity contribution in [1.82, 2.24) is 4.90 Å². The molecule has 0 aliphatic carbocycles. The highest BCUT2D eigenvalue weighted by Gasteiger charge is 2.19. The zero-order valence-electron chi connectivity index (χ0n) is 11.7. The van der Waals surface area contributed by atoms with Gasteiger partial charge < -0.3 is 15.7 Å². The molecule has 0 aromatic heterocycles. The van der Waals surface area contributed by atoms with Crippen molar-refractivity contribution in [3.63, 3.8) is 0 Å². The van der Waals surface area contributed by atoms with Gasteiger partial charge in [-0.1, -0.05) is 29.8 Å². The Morgan fingerprint density at radius 3 is 2.37 bits per heavy atom. The van der Waals surface area contributed by atoms with Crippen LogP contribution >= 0.6 is 12.4 Å². The van der Waals surface area contributed by atoms with Crippen molar-refractivity contribution < 1.29 is 9.90 Å². The summed E-state index contributed by atoms with van der Waals surface area (Å²) in [4.78, 5) is 13.6. The van der Waals surface area contributed by atoms with Gasteiger partial charge >= 0.3 is 0 Å². The van der Waals surface area contributed by atoms with Gasteiger partial charge in [-0.3, -0.25) is 4.79 Å². The highest BCUT2D eigenvalue weighted by atomic mass is 35.5. The fourth-order valence-electron chi connectivity index (χ4n) is 1.64. The van der Waals surface area contributed by atoms with Crippen molar-refractivity contribution in [2.45, 2.75) is 32.4 Å². The van der Waals surface area contributed by atoms with Crippen molar-refractivity contribution in [2.24, 2.45) is 5.73 Å². The van der Waals surface area contributed by atoms with Crippen LogP contribution in [0, 0.1) is 6.92 Å². The molecule has 0 saturated carbocycles. The number of hydrogen-bond donors (Lipinski definition) is 2. The topological polar surface area (TPSA) is 66.6 Å². The number of carbonyl (C=O) groups is 1. The van der Waals surface area contributed by atoms with Crippen LogP contribution in [0.2, 0.25) is 0 Å². The van der Waals surface area contributed by atoms with Gasteiger partial charge in [-0.2, -0.15) is 0 Å². The Morgan fingerprint density at radius 2 is 1.89 bits per heavy atom. The number of amides is 1. The predicted molar refractivity (Wildman–Crippen MR) is 79.3 cm³/mol. The van der Waals surface area contributed by atoms with Crippen LogP contribution < -0.4 is 5.73 Å². The molecule has 5 heteroatoms. The third kappa shape index (κ3) is 5.59. The maximum absolute atomic E-state index is 12.1. The maximum atomic E-state index is 12.1. The first-order chi connectivity index (χ1) is 8.41. The lowest BCUT2D eigenvalue weighted by Gasteiger charge is -2.22. The van der Waals surface area contributed by atoms with E-state index in [1.807, 2.05) is 31.2 Å². The number of benzene rings is 1. The van der Waals surface area contributed by atoms with E-state index in [-0.39, 0.29) is 18.3 Å². The molecule has 1 aromatic rings. The lowest BCUT2D eigenvalue weighted by molar-refractivity contribution is -0.131. The Labute approximate surface area is 121 Å². The van der Waals surface area contributed by atoms with Gasteiger partial charge in [0, 0.05) is 13.6 Å². The summed E-state index contributed by atoms with van der Waals surface area (Å²) >= 11 is 0. The molecule has 2 atom stereocenters. The van der Waals surface area contributed by atoms with Crippen molar-refractivity contribution in [2.75, 3.05) is 13.6 Å². The van der Waals surface area contributed by atoms with Crippen LogP contribution in [0.25, 0.3) is 0 Å². The molecule has 0 saturated heterocycles. The Hall–Kier alpha value is -1.10. The quantitative estimate of drug-likeness (QED) is 0.865. The number of likely N-dealkylation sites (N-methyl/N-ethyl adjacent to an activating group) is 1. The first-order valence-electron chi connectivity index (χ1n) is 6.17. The van der Waals surface area contributed by atoms with E-state index in [0.29, 0.717) is 13.0 Å². The Morgan fingerprint density at radius 1 is 1.37 bits per heavy atom. The van der Waals surface area contributed by atoms with Gasteiger partial charge in [-0.05, 0) is 25.8 Å². The van der Waals surface area contributed by atoms with Gasteiger partial charge in [0.15, 0.2) is 0 Å². The number of aliphatic hydroxyl groups excluding tert-OH is 1. The standard InChI is InChI=1S/C14H22N2O2.ClH/c1-10-4-6-12(7-5-10)13(15)14(18)16(3)9-8-11(2)17;/h4-7,11,13,17H,8-9,15H2,1-3H3;1H. The van der Waals surface area contributed by atoms with Gasteiger partial charge in [0.05, 0.1) is 6.10 Å². The van der Waals surface area contributed by atoms with Crippen LogP contribution in [-0.4, -0.2) is 35.6 Å². The second-order valence-electron chi connectivity index (χ2n) is 4.79. The summed E-state index contributed by atoms with van der Waals surface area (Å²) in [6, 6.07) is 7.00. The van der Waals surface area contributed by atoms with Crippen molar-refractivity contribution in [3.8, 4) is 0 Å². The number of nitrogens with zero attached hydrogens (tertiary/aromatic N) is 1. The molecule has 0 radical (unpaired) electrons. The first kappa shape index (κ1) is 17.9. The molecule has 0 heterocycles. The van der Waals surface area contributed by atoms with E-state index < -0.39 is 12.1 Å². The number of aliphatic hydroxyl groups is 1. The second-order valence-corrected chi connectivity index (χ2v) is 4.79. The molecule has 1 aromatic carbocycles. The summed E-state index contributed by atoms with van der Waals surface area (Å²) in [5, 5.41) is 9.20. The summed E-state index contributed by atoms with van der Waals surface area (Å²) in [7, 11) is 1.71. The van der Waals surface area contributed by atoms with E-state index in [4.69, 9.17) is 5.73 Å². The molecule has 1 rings (SSSR count). The number of aryl methyl sites for hydroxylation is 1. The Bertz CT molecular complexity index is 393. The van der Waals surface area contributed by atoms with E-state index >= 15 is 0 Å². The number of nitrogens with two attached hydrogens (primary N) is 1. The average molecular weight is 287 g/mol. The molecule has 0 fully saturated rings. The molecule has 0 spiro atoms. The summed E-state index contributed by atoms with van der Waals surface area (Å²) in [5.41, 5.74) is 7.90. The van der Waals surface area contributed by atoms with Crippen LogP contribution in [0.3, 0.4) is 0 Å². The SMILES string of the molecule is Cc1ccc(C(N)C(=O)N(C)CCC(C)O)cc1.Cl. The Kier molecular flexibility index (Phi) is 7.68. The molecular formula is C14H23ClN2O2. The van der Waals surface area contributed by atoms with Gasteiger partial charge in [0.25, 0.3) is 0 Å². The summed E-state index contributed by atoms with van der Waals surface area (Å²) in [6.07, 6.45) is 0.152. The lowest BCUT2D eigenvalue weighted by Crippen LogP contribution is -2.37. The first-order valence-corrected chi connectivity index (χ1v) is 6.17. The van der Waals surface area contributed by atoms with Crippen molar-refractivity contribution in [1.29, 1.82) is 0 Å². The summed E-state index contributed by atoms with van der Waals surface area (Å²) in [5.74, 6) is -0.125. The molecule has 1 amide bonds. The van der Waals surface area contributed by atoms with Gasteiger partial charge in [0.1, 0.15) is 6.04 Å². The average Bonchev–Trinajstić information content (AvgIpc) is 2.35. The lowest BCUT2D eigenvalue weighted by atomic mass is 10.0. The monoisotopic (exact) mass is 286 g/mol. The highest BCUT2D eigenvalue weighted by Crippen LogP contribution is 2.14. The second kappa shape index (κ2) is 8.15. The minimum Gasteiger partial charge on any atom is -0.393 e. The number of carbonyl (C=O) groups excluding carboxylic acids is 1. The third-order valence-electron chi connectivity index (χ3n) is 2.96. The molecule has 0 aliphatic rings. The molecular weight excluding hydrogens is 264 g/mol. The summed E-state index contributed by atoms with van der Waals surface area (Å²) in [6.45, 7) is 4.21. The van der Waals surface area contributed by atoms with Crippen molar-refractivity contribution >= 4 is 18.3 Å². The molecule has 19 heavy (non-hydrogen) atoms. The molecule has 2 unspecified atom stereocenters.